The molecule has 0 rings (SSSR count). The zero-order valence-corrected chi connectivity index (χ0v) is 30.3. The van der Waals surface area contributed by atoms with Crippen LogP contribution in [-0.4, -0.2) is 68.9 Å². The number of nitrogens with zero attached hydrogens (tertiary/aromatic N) is 4. The van der Waals surface area contributed by atoms with Crippen molar-refractivity contribution in [3.05, 3.63) is 48.2 Å². The molecule has 0 aromatic heterocycles. The number of hydrogen-bond acceptors (Lipinski definition) is 1. The van der Waals surface area contributed by atoms with Gasteiger partial charge in [-0.05, 0) is 19.6 Å². The first-order valence-corrected chi connectivity index (χ1v) is 19.9. The molecule has 0 heterocycles. The van der Waals surface area contributed by atoms with E-state index in [0.29, 0.717) is 0 Å². The van der Waals surface area contributed by atoms with Crippen molar-refractivity contribution < 1.29 is 71.4 Å². The van der Waals surface area contributed by atoms with Crippen LogP contribution in [0.4, 0.5) is 0 Å². The van der Waals surface area contributed by atoms with Gasteiger partial charge in [-0.25, -0.2) is 0 Å². The van der Waals surface area contributed by atoms with Gasteiger partial charge in [0, 0.05) is 17.1 Å². The van der Waals surface area contributed by atoms with Crippen molar-refractivity contribution in [1.82, 2.24) is 4.90 Å². The summed E-state index contributed by atoms with van der Waals surface area (Å²) in [5.41, 5.74) is 0. The van der Waals surface area contributed by atoms with Gasteiger partial charge in [0.05, 0.1) is 0 Å². The van der Waals surface area contributed by atoms with Crippen LogP contribution in [-0.2, 0) is 40.3 Å². The summed E-state index contributed by atoms with van der Waals surface area (Å²) < 4.78 is 37.5. The molecule has 0 aromatic carbocycles. The largest absolute Gasteiger partial charge is 2.00 e. The molecule has 0 spiro atoms. The van der Waals surface area contributed by atoms with Crippen LogP contribution in [0.3, 0.4) is 0 Å². The Morgan fingerprint density at radius 3 is 0.735 bits per heavy atom. The summed E-state index contributed by atoms with van der Waals surface area (Å²) in [5, 5.41) is 0. The zero-order valence-electron chi connectivity index (χ0n) is 22.0. The Labute approximate surface area is 245 Å². The molecular weight excluding hydrogens is 753 g/mol. The van der Waals surface area contributed by atoms with Crippen molar-refractivity contribution in [1.29, 1.82) is 0 Å². The van der Waals surface area contributed by atoms with Gasteiger partial charge in [0.15, 0.2) is 0 Å². The van der Waals surface area contributed by atoms with E-state index < -0.39 is 24.7 Å². The first kappa shape index (κ1) is 55.3. The predicted octanol–water partition coefficient (Wildman–Crippen LogP) is 4.72. The van der Waals surface area contributed by atoms with E-state index in [-0.39, 0.29) is 48.2 Å². The Balaban J connectivity index is -0.0000000826. The van der Waals surface area contributed by atoms with Crippen molar-refractivity contribution in [3.63, 3.8) is 0 Å². The summed E-state index contributed by atoms with van der Waals surface area (Å²) in [7, 11) is -3.84. The van der Waals surface area contributed by atoms with Gasteiger partial charge < -0.3 is 19.8 Å². The smallest absolute Gasteiger partial charge is 0 e. The van der Waals surface area contributed by atoms with Crippen molar-refractivity contribution in [2.75, 3.05) is 39.3 Å². The average molecular weight is 793 g/mol. The molecule has 1 radical (unpaired) electrons. The van der Waals surface area contributed by atoms with Gasteiger partial charge in [-0.2, -0.15) is 0 Å². The topological polar surface area (TPSA) is 145 Å². The van der Waals surface area contributed by atoms with Crippen molar-refractivity contribution >= 4 is 24.7 Å². The molecule has 0 unspecified atom stereocenters. The molecule has 0 saturated heterocycles. The summed E-state index contributed by atoms with van der Waals surface area (Å²) in [6, 6.07) is 0. The monoisotopic (exact) mass is 792 g/mol. The third-order valence-corrected chi connectivity index (χ3v) is 6.52. The maximum absolute atomic E-state index is 7.50. The van der Waals surface area contributed by atoms with Crippen LogP contribution in [0.1, 0.15) is 0 Å². The number of hydrogen-bond donors (Lipinski definition) is 0. The Kier molecular flexibility index (Phi) is 62.3. The van der Waals surface area contributed by atoms with E-state index in [1.807, 2.05) is 0 Å². The first-order chi connectivity index (χ1) is 14.8. The molecule has 0 N–H and O–H groups in total. The normalized spacial score (nSPS) is 9.29. The van der Waals surface area contributed by atoms with Crippen LogP contribution in [0.5, 0.6) is 0 Å². The van der Waals surface area contributed by atoms with Crippen molar-refractivity contribution in [2.45, 2.75) is 58.9 Å². The van der Waals surface area contributed by atoms with E-state index in [4.69, 9.17) is 38.2 Å². The Hall–Kier alpha value is 0.762. The van der Waals surface area contributed by atoms with Gasteiger partial charge in [0.2, 0.25) is 0 Å². The molecule has 14 heteroatoms. The SMILES string of the molecule is C[Si](C)(C)[N-]CCN(CC[N-][Si](C)(C)C)CC[N-][Si](C)(C)C.[C-]#[O+].[C-]#[O+].[C-]#[O+].[C-]#[O+].[C-]#[O+].[Mn].[U+2]. The summed E-state index contributed by atoms with van der Waals surface area (Å²) in [6.07, 6.45) is 0. The van der Waals surface area contributed by atoms with Crippen LogP contribution >= 0.6 is 0 Å². The third kappa shape index (κ3) is 69.8. The first-order valence-electron chi connectivity index (χ1n) is 9.59. The second-order valence-electron chi connectivity index (χ2n) is 9.00. The van der Waals surface area contributed by atoms with E-state index in [9.17, 15) is 0 Å². The van der Waals surface area contributed by atoms with Crippen molar-refractivity contribution in [3.8, 4) is 0 Å². The Bertz CT molecular complexity index is 422. The van der Waals surface area contributed by atoms with Gasteiger partial charge in [-0.15, -0.1) is 19.6 Å². The molecule has 9 nitrogen and oxygen atoms in total. The van der Waals surface area contributed by atoms with E-state index in [2.05, 4.69) is 97.1 Å². The van der Waals surface area contributed by atoms with Crippen LogP contribution < -0.4 is 0 Å². The maximum atomic E-state index is 7.50. The van der Waals surface area contributed by atoms with Gasteiger partial charge in [0.25, 0.3) is 0 Å². The zero-order chi connectivity index (χ0) is 27.4. The maximum Gasteiger partial charge on any atom is 2.00 e. The van der Waals surface area contributed by atoms with Crippen molar-refractivity contribution in [2.24, 2.45) is 0 Å². The summed E-state index contributed by atoms with van der Waals surface area (Å²) in [4.78, 5) is 17.1. The molecule has 0 bridgehead atoms. The summed E-state index contributed by atoms with van der Waals surface area (Å²) in [5.74, 6) is 0. The predicted molar refractivity (Wildman–Crippen MR) is 131 cm³/mol. The molecule has 0 atom stereocenters. The quantitative estimate of drug-likeness (QED) is 0.157. The third-order valence-electron chi connectivity index (χ3n) is 3.01. The van der Waals surface area contributed by atoms with E-state index in [1.165, 1.54) is 0 Å². The van der Waals surface area contributed by atoms with Gasteiger partial charge in [-0.1, -0.05) is 83.6 Å². The van der Waals surface area contributed by atoms with E-state index in [0.717, 1.165) is 39.3 Å². The fourth-order valence-corrected chi connectivity index (χ4v) is 4.23. The standard InChI is InChI=1S/C15H39N4Si3.5CO.Mn.U/c1-20(2,3)16-10-13-19(14-11-17-21(4,5)6)15-12-18-22(7,8)9;5*1-2;;/h10-15H2,1-9H3;;;;;;;/q-3;;;;;;;+2. The molecule has 0 fully saturated rings. The van der Waals surface area contributed by atoms with E-state index in [1.54, 1.807) is 0 Å². The van der Waals surface area contributed by atoms with Crippen LogP contribution in [0, 0.1) is 64.4 Å². The fraction of sp³-hybridized carbons (Fsp3) is 0.750. The second-order valence-corrected chi connectivity index (χ2v) is 23.0. The molecule has 0 amide bonds. The molecule has 0 aliphatic rings. The molecule has 0 aromatic rings. The molecule has 0 saturated carbocycles. The van der Waals surface area contributed by atoms with Crippen LogP contribution in [0.2, 0.25) is 58.9 Å². The minimum Gasteiger partial charge on any atom is 0 e. The fourth-order valence-electron chi connectivity index (χ4n) is 1.92. The van der Waals surface area contributed by atoms with Gasteiger partial charge >= 0.3 is 87.6 Å². The molecule has 0 aliphatic heterocycles. The average Bonchev–Trinajstić information content (AvgIpc) is 2.72. The van der Waals surface area contributed by atoms with Crippen LogP contribution in [0.15, 0.2) is 0 Å². The van der Waals surface area contributed by atoms with E-state index >= 15 is 0 Å². The Morgan fingerprint density at radius 1 is 0.471 bits per heavy atom. The summed E-state index contributed by atoms with van der Waals surface area (Å²) in [6.45, 7) is 49.3. The van der Waals surface area contributed by atoms with Gasteiger partial charge in [-0.3, -0.25) is 0 Å². The van der Waals surface area contributed by atoms with Crippen LogP contribution in [0.25, 0.3) is 14.9 Å². The minimum absolute atomic E-state index is 0. The summed E-state index contributed by atoms with van der Waals surface area (Å²) >= 11 is 0. The molecule has 34 heavy (non-hydrogen) atoms. The minimum atomic E-state index is -1.28. The molecular formula is C20H39MnN4O5Si3U-. The molecule has 193 valence electrons. The second kappa shape index (κ2) is 38.3. The molecule has 0 aliphatic carbocycles. The number of rotatable bonds is 12. The Morgan fingerprint density at radius 2 is 0.618 bits per heavy atom. The van der Waals surface area contributed by atoms with Gasteiger partial charge in [0.1, 0.15) is 0 Å².